The van der Waals surface area contributed by atoms with Gasteiger partial charge in [0.05, 0.1) is 12.2 Å². The van der Waals surface area contributed by atoms with E-state index in [0.717, 1.165) is 50.0 Å². The number of aromatic nitrogens is 1. The number of hydrogen-bond donors (Lipinski definition) is 3. The van der Waals surface area contributed by atoms with E-state index in [4.69, 9.17) is 9.26 Å². The van der Waals surface area contributed by atoms with Crippen molar-refractivity contribution in [3.05, 3.63) is 53.4 Å². The highest BCUT2D eigenvalue weighted by Gasteiger charge is 2.34. The van der Waals surface area contributed by atoms with Crippen LogP contribution in [0.1, 0.15) is 62.6 Å². The summed E-state index contributed by atoms with van der Waals surface area (Å²) in [5, 5.41) is 14.8. The third kappa shape index (κ3) is 7.47. The molecule has 7 nitrogen and oxygen atoms in total. The highest BCUT2D eigenvalue weighted by atomic mass is 127. The predicted octanol–water partition coefficient (Wildman–Crippen LogP) is 3.98. The molecule has 0 aliphatic carbocycles. The average Bonchev–Trinajstić information content (AvgIpc) is 3.25. The van der Waals surface area contributed by atoms with Crippen LogP contribution in [-0.2, 0) is 11.3 Å². The summed E-state index contributed by atoms with van der Waals surface area (Å²) in [7, 11) is 1.78. The standard InChI is InChI=1S/C23H35N5O2.HI/c1-17(2)21-14-20(30-28-21)15-25-22(24-4)26-16-23(10-12-29-13-11-23)27-18(3)19-8-6-5-7-9-19;/h5-9,14,17-18,27H,10-13,15-16H2,1-4H3,(H2,24,25,26);1H. The number of guanidine groups is 1. The van der Waals surface area contributed by atoms with Crippen LogP contribution < -0.4 is 16.0 Å². The topological polar surface area (TPSA) is 83.7 Å². The second-order valence-electron chi connectivity index (χ2n) is 8.32. The Hall–Kier alpha value is -1.65. The molecule has 0 spiro atoms. The van der Waals surface area contributed by atoms with Gasteiger partial charge in [0, 0.05) is 44.5 Å². The summed E-state index contributed by atoms with van der Waals surface area (Å²) in [6, 6.07) is 12.8. The number of rotatable bonds is 8. The molecule has 1 unspecified atom stereocenters. The second kappa shape index (κ2) is 12.4. The number of benzene rings is 1. The largest absolute Gasteiger partial charge is 0.381 e. The van der Waals surface area contributed by atoms with Gasteiger partial charge < -0.3 is 25.2 Å². The third-order valence-corrected chi connectivity index (χ3v) is 5.69. The van der Waals surface area contributed by atoms with Crippen LogP contribution in [0.4, 0.5) is 0 Å². The Balaban J connectivity index is 0.00000341. The Morgan fingerprint density at radius 1 is 1.13 bits per heavy atom. The van der Waals surface area contributed by atoms with Crippen LogP contribution in [0.2, 0.25) is 0 Å². The smallest absolute Gasteiger partial charge is 0.191 e. The first-order chi connectivity index (χ1) is 14.5. The van der Waals surface area contributed by atoms with Crippen LogP contribution in [0.15, 0.2) is 45.9 Å². The number of ether oxygens (including phenoxy) is 1. The van der Waals surface area contributed by atoms with Crippen LogP contribution in [-0.4, -0.2) is 43.5 Å². The van der Waals surface area contributed by atoms with Gasteiger partial charge in [0.15, 0.2) is 11.7 Å². The Labute approximate surface area is 202 Å². The molecule has 1 saturated heterocycles. The second-order valence-corrected chi connectivity index (χ2v) is 8.32. The van der Waals surface area contributed by atoms with Gasteiger partial charge in [-0.25, -0.2) is 0 Å². The van der Waals surface area contributed by atoms with E-state index in [2.05, 4.69) is 77.2 Å². The van der Waals surface area contributed by atoms with Crippen LogP contribution in [0, 0.1) is 0 Å². The van der Waals surface area contributed by atoms with Crippen molar-refractivity contribution in [3.63, 3.8) is 0 Å². The minimum Gasteiger partial charge on any atom is -0.381 e. The van der Waals surface area contributed by atoms with Gasteiger partial charge in [-0.2, -0.15) is 0 Å². The number of nitrogens with zero attached hydrogens (tertiary/aromatic N) is 2. The number of nitrogens with one attached hydrogen (secondary N) is 3. The van der Waals surface area contributed by atoms with Crippen molar-refractivity contribution in [1.82, 2.24) is 21.1 Å². The normalized spacial score (nSPS) is 17.1. The predicted molar refractivity (Wildman–Crippen MR) is 135 cm³/mol. The van der Waals surface area contributed by atoms with Gasteiger partial charge in [-0.1, -0.05) is 49.3 Å². The maximum Gasteiger partial charge on any atom is 0.191 e. The molecule has 2 heterocycles. The molecule has 0 saturated carbocycles. The summed E-state index contributed by atoms with van der Waals surface area (Å²) in [4.78, 5) is 4.37. The monoisotopic (exact) mass is 541 g/mol. The van der Waals surface area contributed by atoms with Crippen LogP contribution in [0.3, 0.4) is 0 Å². The van der Waals surface area contributed by atoms with E-state index < -0.39 is 0 Å². The fourth-order valence-electron chi connectivity index (χ4n) is 3.75. The van der Waals surface area contributed by atoms with Crippen molar-refractivity contribution in [2.45, 2.75) is 57.7 Å². The maximum atomic E-state index is 5.64. The molecular weight excluding hydrogens is 505 g/mol. The van der Waals surface area contributed by atoms with E-state index in [0.29, 0.717) is 12.5 Å². The zero-order chi connectivity index (χ0) is 21.4. The SMILES string of the molecule is CN=C(NCc1cc(C(C)C)no1)NCC1(NC(C)c2ccccc2)CCOCC1.I. The van der Waals surface area contributed by atoms with Crippen molar-refractivity contribution in [2.75, 3.05) is 26.8 Å². The van der Waals surface area contributed by atoms with E-state index in [-0.39, 0.29) is 35.6 Å². The van der Waals surface area contributed by atoms with E-state index in [1.54, 1.807) is 7.05 Å². The zero-order valence-corrected chi connectivity index (χ0v) is 21.3. The van der Waals surface area contributed by atoms with Crippen molar-refractivity contribution >= 4 is 29.9 Å². The first-order valence-electron chi connectivity index (χ1n) is 10.8. The lowest BCUT2D eigenvalue weighted by Crippen LogP contribution is -2.58. The number of hydrogen-bond acceptors (Lipinski definition) is 5. The summed E-state index contributed by atoms with van der Waals surface area (Å²) >= 11 is 0. The minimum absolute atomic E-state index is 0. The minimum atomic E-state index is -0.0534. The van der Waals surface area contributed by atoms with E-state index in [1.165, 1.54) is 5.56 Å². The molecule has 1 atom stereocenters. The Morgan fingerprint density at radius 3 is 2.45 bits per heavy atom. The van der Waals surface area contributed by atoms with Gasteiger partial charge in [-0.05, 0) is 31.2 Å². The first-order valence-corrected chi connectivity index (χ1v) is 10.8. The summed E-state index contributed by atoms with van der Waals surface area (Å²) < 4.78 is 11.1. The summed E-state index contributed by atoms with van der Waals surface area (Å²) in [5.74, 6) is 1.90. The molecule has 1 aliphatic rings. The Morgan fingerprint density at radius 2 is 1.84 bits per heavy atom. The number of aliphatic imine (C=N–C) groups is 1. The molecule has 0 amide bonds. The zero-order valence-electron chi connectivity index (χ0n) is 19.0. The molecule has 3 rings (SSSR count). The molecule has 2 aromatic rings. The average molecular weight is 541 g/mol. The van der Waals surface area contributed by atoms with Crippen LogP contribution in [0.25, 0.3) is 0 Å². The summed E-state index contributed by atoms with van der Waals surface area (Å²) in [6.45, 7) is 9.26. The van der Waals surface area contributed by atoms with Gasteiger partial charge in [-0.15, -0.1) is 24.0 Å². The number of halogens is 1. The van der Waals surface area contributed by atoms with E-state index in [1.807, 2.05) is 6.07 Å². The van der Waals surface area contributed by atoms with Gasteiger partial charge >= 0.3 is 0 Å². The lowest BCUT2D eigenvalue weighted by atomic mass is 9.88. The fourth-order valence-corrected chi connectivity index (χ4v) is 3.75. The quantitative estimate of drug-likeness (QED) is 0.267. The lowest BCUT2D eigenvalue weighted by molar-refractivity contribution is 0.0355. The lowest BCUT2D eigenvalue weighted by Gasteiger charge is -2.41. The van der Waals surface area contributed by atoms with E-state index >= 15 is 0 Å². The first kappa shape index (κ1) is 25.6. The molecule has 1 aliphatic heterocycles. The van der Waals surface area contributed by atoms with Gasteiger partial charge in [-0.3, -0.25) is 4.99 Å². The van der Waals surface area contributed by atoms with Crippen molar-refractivity contribution in [3.8, 4) is 0 Å². The maximum absolute atomic E-state index is 5.64. The van der Waals surface area contributed by atoms with Gasteiger partial charge in [0.1, 0.15) is 0 Å². The summed E-state index contributed by atoms with van der Waals surface area (Å²) in [6.07, 6.45) is 1.90. The van der Waals surface area contributed by atoms with Crippen LogP contribution in [0.5, 0.6) is 0 Å². The third-order valence-electron chi connectivity index (χ3n) is 5.69. The molecular formula is C23H36IN5O2. The highest BCUT2D eigenvalue weighted by molar-refractivity contribution is 14.0. The molecule has 8 heteroatoms. The van der Waals surface area contributed by atoms with Crippen molar-refractivity contribution in [2.24, 2.45) is 4.99 Å². The Bertz CT molecular complexity index is 803. The molecule has 1 fully saturated rings. The Kier molecular flexibility index (Phi) is 10.2. The van der Waals surface area contributed by atoms with Crippen molar-refractivity contribution < 1.29 is 9.26 Å². The molecule has 1 aromatic carbocycles. The van der Waals surface area contributed by atoms with E-state index in [9.17, 15) is 0 Å². The highest BCUT2D eigenvalue weighted by Crippen LogP contribution is 2.25. The van der Waals surface area contributed by atoms with Gasteiger partial charge in [0.2, 0.25) is 0 Å². The van der Waals surface area contributed by atoms with Crippen molar-refractivity contribution in [1.29, 1.82) is 0 Å². The van der Waals surface area contributed by atoms with Gasteiger partial charge in [0.25, 0.3) is 0 Å². The van der Waals surface area contributed by atoms with Crippen LogP contribution >= 0.6 is 24.0 Å². The molecule has 0 bridgehead atoms. The molecule has 3 N–H and O–H groups in total. The molecule has 172 valence electrons. The fraction of sp³-hybridized carbons (Fsp3) is 0.565. The molecule has 0 radical (unpaired) electrons. The molecule has 31 heavy (non-hydrogen) atoms. The summed E-state index contributed by atoms with van der Waals surface area (Å²) in [5.41, 5.74) is 2.20. The molecule has 1 aromatic heterocycles.